The lowest BCUT2D eigenvalue weighted by Gasteiger charge is -2.13. The van der Waals surface area contributed by atoms with Crippen molar-refractivity contribution in [3.63, 3.8) is 0 Å². The first-order chi connectivity index (χ1) is 14.2. The Hall–Kier alpha value is -2.45. The number of rotatable bonds is 7. The SMILES string of the molecule is CC(C)CCOc1ccc(C(=O)NC(=S)Nc2cccc(C(=O)N(C)C)c2)cc1Br. The molecule has 160 valence electrons. The number of hydrogen-bond donors (Lipinski definition) is 2. The number of thiocarbonyl (C=S) groups is 1. The number of carbonyl (C=O) groups excluding carboxylic acids is 2. The fraction of sp³-hybridized carbons (Fsp3) is 0.318. The molecule has 2 aromatic rings. The first-order valence-corrected chi connectivity index (χ1v) is 10.7. The molecule has 0 bridgehead atoms. The molecule has 0 atom stereocenters. The van der Waals surface area contributed by atoms with Gasteiger partial charge >= 0.3 is 0 Å². The molecule has 0 aliphatic rings. The summed E-state index contributed by atoms with van der Waals surface area (Å²) < 4.78 is 6.44. The summed E-state index contributed by atoms with van der Waals surface area (Å²) >= 11 is 8.68. The van der Waals surface area contributed by atoms with E-state index in [9.17, 15) is 9.59 Å². The molecule has 2 N–H and O–H groups in total. The zero-order valence-electron chi connectivity index (χ0n) is 17.5. The van der Waals surface area contributed by atoms with Gasteiger partial charge < -0.3 is 15.0 Å². The fourth-order valence-corrected chi connectivity index (χ4v) is 3.19. The molecule has 0 fully saturated rings. The van der Waals surface area contributed by atoms with E-state index < -0.39 is 0 Å². The van der Waals surface area contributed by atoms with Gasteiger partial charge in [-0.3, -0.25) is 14.9 Å². The number of benzene rings is 2. The van der Waals surface area contributed by atoms with Gasteiger partial charge in [-0.05, 0) is 76.9 Å². The third-order valence-electron chi connectivity index (χ3n) is 4.15. The van der Waals surface area contributed by atoms with Crippen molar-refractivity contribution in [2.75, 3.05) is 26.0 Å². The molecule has 0 spiro atoms. The Balaban J connectivity index is 1.97. The molecule has 2 rings (SSSR count). The van der Waals surface area contributed by atoms with E-state index in [-0.39, 0.29) is 16.9 Å². The largest absolute Gasteiger partial charge is 0.492 e. The van der Waals surface area contributed by atoms with Crippen LogP contribution >= 0.6 is 28.1 Å². The number of carbonyl (C=O) groups is 2. The zero-order valence-corrected chi connectivity index (χ0v) is 19.9. The van der Waals surface area contributed by atoms with Gasteiger partial charge in [0.15, 0.2) is 5.11 Å². The average Bonchev–Trinajstić information content (AvgIpc) is 2.68. The van der Waals surface area contributed by atoms with Crippen LogP contribution in [-0.2, 0) is 0 Å². The van der Waals surface area contributed by atoms with Crippen LogP contribution in [0.4, 0.5) is 5.69 Å². The molecule has 0 saturated heterocycles. The van der Waals surface area contributed by atoms with E-state index in [4.69, 9.17) is 17.0 Å². The Morgan fingerprint density at radius 1 is 1.13 bits per heavy atom. The number of nitrogens with zero attached hydrogens (tertiary/aromatic N) is 1. The Kier molecular flexibility index (Phi) is 8.80. The third-order valence-corrected chi connectivity index (χ3v) is 4.97. The van der Waals surface area contributed by atoms with Gasteiger partial charge in [-0.1, -0.05) is 19.9 Å². The van der Waals surface area contributed by atoms with Crippen LogP contribution in [0, 0.1) is 5.92 Å². The molecule has 30 heavy (non-hydrogen) atoms. The lowest BCUT2D eigenvalue weighted by molar-refractivity contribution is 0.0827. The fourth-order valence-electron chi connectivity index (χ4n) is 2.49. The molecular formula is C22H26BrN3O3S. The summed E-state index contributed by atoms with van der Waals surface area (Å²) in [7, 11) is 3.37. The van der Waals surface area contributed by atoms with Gasteiger partial charge in [-0.2, -0.15) is 0 Å². The summed E-state index contributed by atoms with van der Waals surface area (Å²) in [5, 5.41) is 5.72. The Morgan fingerprint density at radius 2 is 1.87 bits per heavy atom. The minimum absolute atomic E-state index is 0.117. The van der Waals surface area contributed by atoms with E-state index in [0.29, 0.717) is 39.6 Å². The van der Waals surface area contributed by atoms with E-state index in [1.165, 1.54) is 4.90 Å². The predicted octanol–water partition coefficient (Wildman–Crippen LogP) is 4.70. The topological polar surface area (TPSA) is 70.7 Å². The summed E-state index contributed by atoms with van der Waals surface area (Å²) in [4.78, 5) is 26.1. The molecule has 8 heteroatoms. The molecule has 0 saturated carbocycles. The number of halogens is 1. The van der Waals surface area contributed by atoms with Crippen molar-refractivity contribution >= 4 is 50.8 Å². The number of ether oxygens (including phenoxy) is 1. The smallest absolute Gasteiger partial charge is 0.257 e. The minimum atomic E-state index is -0.345. The van der Waals surface area contributed by atoms with Gasteiger partial charge in [-0.25, -0.2) is 0 Å². The number of hydrogen-bond acceptors (Lipinski definition) is 4. The molecule has 0 radical (unpaired) electrons. The number of amides is 2. The van der Waals surface area contributed by atoms with Crippen LogP contribution in [0.3, 0.4) is 0 Å². The van der Waals surface area contributed by atoms with Crippen molar-refractivity contribution in [2.45, 2.75) is 20.3 Å². The highest BCUT2D eigenvalue weighted by Gasteiger charge is 2.12. The predicted molar refractivity (Wildman–Crippen MR) is 127 cm³/mol. The highest BCUT2D eigenvalue weighted by molar-refractivity contribution is 9.10. The number of anilines is 1. The van der Waals surface area contributed by atoms with Crippen LogP contribution in [0.1, 0.15) is 41.0 Å². The van der Waals surface area contributed by atoms with Crippen molar-refractivity contribution in [2.24, 2.45) is 5.92 Å². The van der Waals surface area contributed by atoms with E-state index >= 15 is 0 Å². The molecule has 2 amide bonds. The van der Waals surface area contributed by atoms with Crippen LogP contribution in [0.15, 0.2) is 46.9 Å². The molecule has 0 unspecified atom stereocenters. The average molecular weight is 492 g/mol. The molecule has 0 aliphatic heterocycles. The summed E-state index contributed by atoms with van der Waals surface area (Å²) in [6.07, 6.45) is 0.954. The van der Waals surface area contributed by atoms with Crippen molar-refractivity contribution in [1.29, 1.82) is 0 Å². The van der Waals surface area contributed by atoms with Gasteiger partial charge in [0.2, 0.25) is 0 Å². The van der Waals surface area contributed by atoms with Gasteiger partial charge in [0, 0.05) is 30.9 Å². The quantitative estimate of drug-likeness (QED) is 0.549. The Morgan fingerprint density at radius 3 is 2.50 bits per heavy atom. The second kappa shape index (κ2) is 11.1. The van der Waals surface area contributed by atoms with Gasteiger partial charge in [-0.15, -0.1) is 0 Å². The van der Waals surface area contributed by atoms with Crippen molar-refractivity contribution < 1.29 is 14.3 Å². The molecule has 2 aromatic carbocycles. The van der Waals surface area contributed by atoms with Gasteiger partial charge in [0.05, 0.1) is 11.1 Å². The second-order valence-electron chi connectivity index (χ2n) is 7.36. The first-order valence-electron chi connectivity index (χ1n) is 9.53. The van der Waals surface area contributed by atoms with E-state index in [1.54, 1.807) is 56.6 Å². The van der Waals surface area contributed by atoms with Crippen molar-refractivity contribution in [3.05, 3.63) is 58.1 Å². The molecule has 0 heterocycles. The maximum Gasteiger partial charge on any atom is 0.257 e. The van der Waals surface area contributed by atoms with Crippen LogP contribution in [0.5, 0.6) is 5.75 Å². The highest BCUT2D eigenvalue weighted by atomic mass is 79.9. The monoisotopic (exact) mass is 491 g/mol. The highest BCUT2D eigenvalue weighted by Crippen LogP contribution is 2.26. The van der Waals surface area contributed by atoms with E-state index in [0.717, 1.165) is 6.42 Å². The molecular weight excluding hydrogens is 466 g/mol. The maximum atomic E-state index is 12.5. The summed E-state index contributed by atoms with van der Waals surface area (Å²) in [5.74, 6) is 0.788. The van der Waals surface area contributed by atoms with Crippen LogP contribution < -0.4 is 15.4 Å². The lowest BCUT2D eigenvalue weighted by Crippen LogP contribution is -2.34. The Labute approximate surface area is 191 Å². The van der Waals surface area contributed by atoms with Crippen LogP contribution in [0.25, 0.3) is 0 Å². The zero-order chi connectivity index (χ0) is 22.3. The summed E-state index contributed by atoms with van der Waals surface area (Å²) in [6.45, 7) is 4.89. The van der Waals surface area contributed by atoms with E-state index in [1.807, 2.05) is 0 Å². The second-order valence-corrected chi connectivity index (χ2v) is 8.63. The van der Waals surface area contributed by atoms with Gasteiger partial charge in [0.25, 0.3) is 11.8 Å². The van der Waals surface area contributed by atoms with Crippen LogP contribution in [0.2, 0.25) is 0 Å². The first kappa shape index (κ1) is 23.8. The summed E-state index contributed by atoms with van der Waals surface area (Å²) in [5.41, 5.74) is 1.58. The van der Waals surface area contributed by atoms with Crippen molar-refractivity contribution in [3.8, 4) is 5.75 Å². The minimum Gasteiger partial charge on any atom is -0.492 e. The molecule has 0 aromatic heterocycles. The van der Waals surface area contributed by atoms with Crippen molar-refractivity contribution in [1.82, 2.24) is 10.2 Å². The summed E-state index contributed by atoms with van der Waals surface area (Å²) in [6, 6.07) is 12.1. The molecule has 6 nitrogen and oxygen atoms in total. The lowest BCUT2D eigenvalue weighted by atomic mass is 10.1. The van der Waals surface area contributed by atoms with Gasteiger partial charge in [0.1, 0.15) is 5.75 Å². The maximum absolute atomic E-state index is 12.5. The standard InChI is InChI=1S/C22H26BrN3O3S/c1-14(2)10-11-29-19-9-8-15(13-18(19)23)20(27)25-22(30)24-17-7-5-6-16(12-17)21(28)26(3)4/h5-9,12-14H,10-11H2,1-4H3,(H2,24,25,27,30). The normalized spacial score (nSPS) is 10.5. The van der Waals surface area contributed by atoms with Crippen LogP contribution in [-0.4, -0.2) is 42.5 Å². The number of nitrogens with one attached hydrogen (secondary N) is 2. The van der Waals surface area contributed by atoms with E-state index in [2.05, 4.69) is 40.4 Å². The third kappa shape index (κ3) is 7.11. The Bertz CT molecular complexity index is 932. The molecule has 0 aliphatic carbocycles.